The van der Waals surface area contributed by atoms with Gasteiger partial charge in [0.25, 0.3) is 0 Å². The smallest absolute Gasteiger partial charge is 0.186 e. The third kappa shape index (κ3) is 4.39. The van der Waals surface area contributed by atoms with Crippen LogP contribution in [-0.2, 0) is 0 Å². The van der Waals surface area contributed by atoms with E-state index >= 15 is 0 Å². The van der Waals surface area contributed by atoms with E-state index in [4.69, 9.17) is 4.74 Å². The van der Waals surface area contributed by atoms with Gasteiger partial charge >= 0.3 is 0 Å². The van der Waals surface area contributed by atoms with Gasteiger partial charge in [0.05, 0.1) is 12.3 Å². The molecule has 1 heterocycles. The van der Waals surface area contributed by atoms with Gasteiger partial charge in [-0.2, -0.15) is 0 Å². The fourth-order valence-corrected chi connectivity index (χ4v) is 3.04. The summed E-state index contributed by atoms with van der Waals surface area (Å²) in [6.45, 7) is 2.45. The summed E-state index contributed by atoms with van der Waals surface area (Å²) in [6.07, 6.45) is 3.17. The van der Waals surface area contributed by atoms with E-state index in [1.807, 2.05) is 18.4 Å². The first-order valence-electron chi connectivity index (χ1n) is 7.82. The summed E-state index contributed by atoms with van der Waals surface area (Å²) in [5, 5.41) is 2.64. The van der Waals surface area contributed by atoms with Crippen molar-refractivity contribution in [3.63, 3.8) is 0 Å². The second kappa shape index (κ2) is 7.85. The van der Waals surface area contributed by atoms with Gasteiger partial charge in [-0.25, -0.2) is 9.37 Å². The lowest BCUT2D eigenvalue weighted by Gasteiger charge is -2.03. The van der Waals surface area contributed by atoms with Crippen LogP contribution < -0.4 is 4.74 Å². The van der Waals surface area contributed by atoms with Gasteiger partial charge in [-0.1, -0.05) is 12.1 Å². The van der Waals surface area contributed by atoms with Crippen molar-refractivity contribution in [1.29, 1.82) is 0 Å². The fraction of sp³-hybridized carbons (Fsp3) is 0.100. The fourth-order valence-electron chi connectivity index (χ4n) is 2.25. The molecule has 126 valence electrons. The van der Waals surface area contributed by atoms with Crippen LogP contribution in [0.4, 0.5) is 4.39 Å². The Kier molecular flexibility index (Phi) is 5.36. The lowest BCUT2D eigenvalue weighted by molar-refractivity contribution is 0.104. The number of hydrogen-bond donors (Lipinski definition) is 0. The van der Waals surface area contributed by atoms with Gasteiger partial charge in [0.1, 0.15) is 16.6 Å². The molecule has 0 N–H and O–H groups in total. The number of carbonyl (C=O) groups excluding carboxylic acids is 1. The molecule has 0 bridgehead atoms. The zero-order valence-electron chi connectivity index (χ0n) is 13.6. The summed E-state index contributed by atoms with van der Waals surface area (Å²) in [6, 6.07) is 13.3. The first-order chi connectivity index (χ1) is 12.2. The zero-order valence-corrected chi connectivity index (χ0v) is 14.4. The molecule has 0 aliphatic heterocycles. The SMILES string of the molecule is CCOc1cccc(C(=O)/C=C/c2csc(-c3ccc(F)cc3)n2)c1. The molecule has 0 saturated carbocycles. The number of aromatic nitrogens is 1. The lowest BCUT2D eigenvalue weighted by atomic mass is 10.1. The van der Waals surface area contributed by atoms with Crippen LogP contribution in [0.2, 0.25) is 0 Å². The summed E-state index contributed by atoms with van der Waals surface area (Å²) in [7, 11) is 0. The number of ketones is 1. The monoisotopic (exact) mass is 353 g/mol. The summed E-state index contributed by atoms with van der Waals surface area (Å²) in [5.74, 6) is 0.284. The number of allylic oxidation sites excluding steroid dienone is 1. The predicted octanol–water partition coefficient (Wildman–Crippen LogP) is 5.24. The summed E-state index contributed by atoms with van der Waals surface area (Å²) in [5.41, 5.74) is 2.11. The molecule has 25 heavy (non-hydrogen) atoms. The highest BCUT2D eigenvalue weighted by Crippen LogP contribution is 2.24. The summed E-state index contributed by atoms with van der Waals surface area (Å²) in [4.78, 5) is 16.7. The Balaban J connectivity index is 1.73. The van der Waals surface area contributed by atoms with E-state index in [-0.39, 0.29) is 11.6 Å². The van der Waals surface area contributed by atoms with Gasteiger partial charge in [-0.3, -0.25) is 4.79 Å². The molecule has 0 fully saturated rings. The standard InChI is InChI=1S/C20H16FNO2S/c1-2-24-18-5-3-4-15(12-18)19(23)11-10-17-13-25-20(22-17)14-6-8-16(21)9-7-14/h3-13H,2H2,1H3/b11-10+. The van der Waals surface area contributed by atoms with Gasteiger partial charge in [-0.15, -0.1) is 11.3 Å². The number of hydrogen-bond acceptors (Lipinski definition) is 4. The number of ether oxygens (including phenoxy) is 1. The van der Waals surface area contributed by atoms with Crippen molar-refractivity contribution in [2.24, 2.45) is 0 Å². The lowest BCUT2D eigenvalue weighted by Crippen LogP contribution is -1.97. The number of halogens is 1. The van der Waals surface area contributed by atoms with Gasteiger partial charge in [-0.05, 0) is 55.5 Å². The molecule has 0 spiro atoms. The average Bonchev–Trinajstić information content (AvgIpc) is 3.10. The van der Waals surface area contributed by atoms with Crippen LogP contribution in [-0.4, -0.2) is 17.4 Å². The molecule has 3 aromatic rings. The van der Waals surface area contributed by atoms with E-state index in [0.717, 1.165) is 10.6 Å². The van der Waals surface area contributed by atoms with E-state index < -0.39 is 0 Å². The molecular weight excluding hydrogens is 337 g/mol. The highest BCUT2D eigenvalue weighted by molar-refractivity contribution is 7.13. The van der Waals surface area contributed by atoms with Crippen molar-refractivity contribution >= 4 is 23.2 Å². The Bertz CT molecular complexity index is 900. The number of carbonyl (C=O) groups is 1. The highest BCUT2D eigenvalue weighted by atomic mass is 32.1. The summed E-state index contributed by atoms with van der Waals surface area (Å²) >= 11 is 1.45. The third-order valence-corrected chi connectivity index (χ3v) is 4.36. The van der Waals surface area contributed by atoms with Crippen LogP contribution >= 0.6 is 11.3 Å². The van der Waals surface area contributed by atoms with Crippen LogP contribution in [0, 0.1) is 5.82 Å². The second-order valence-corrected chi connectivity index (χ2v) is 6.10. The maximum Gasteiger partial charge on any atom is 0.186 e. The maximum atomic E-state index is 13.0. The minimum Gasteiger partial charge on any atom is -0.494 e. The molecule has 2 aromatic carbocycles. The van der Waals surface area contributed by atoms with Crippen molar-refractivity contribution in [3.8, 4) is 16.3 Å². The molecule has 3 nitrogen and oxygen atoms in total. The normalized spacial score (nSPS) is 11.0. The van der Waals surface area contributed by atoms with E-state index in [1.54, 1.807) is 36.4 Å². The molecule has 0 saturated heterocycles. The largest absolute Gasteiger partial charge is 0.494 e. The minimum absolute atomic E-state index is 0.113. The van der Waals surface area contributed by atoms with Gasteiger partial charge in [0.2, 0.25) is 0 Å². The topological polar surface area (TPSA) is 39.2 Å². The van der Waals surface area contributed by atoms with Gasteiger partial charge in [0, 0.05) is 16.5 Å². The molecule has 5 heteroatoms. The number of nitrogens with zero attached hydrogens (tertiary/aromatic N) is 1. The number of thiazole rings is 1. The Labute approximate surface area is 149 Å². The van der Waals surface area contributed by atoms with Crippen molar-refractivity contribution in [3.05, 3.63) is 77.1 Å². The molecular formula is C20H16FNO2S. The van der Waals surface area contributed by atoms with E-state index in [1.165, 1.54) is 29.5 Å². The van der Waals surface area contributed by atoms with Crippen molar-refractivity contribution in [2.75, 3.05) is 6.61 Å². The Hall–Kier alpha value is -2.79. The zero-order chi connectivity index (χ0) is 17.6. The number of benzene rings is 2. The quantitative estimate of drug-likeness (QED) is 0.449. The van der Waals surface area contributed by atoms with Gasteiger partial charge < -0.3 is 4.74 Å². The van der Waals surface area contributed by atoms with Crippen molar-refractivity contribution in [1.82, 2.24) is 4.98 Å². The van der Waals surface area contributed by atoms with Crippen molar-refractivity contribution < 1.29 is 13.9 Å². The third-order valence-electron chi connectivity index (χ3n) is 3.45. The van der Waals surface area contributed by atoms with E-state index in [2.05, 4.69) is 4.98 Å². The van der Waals surface area contributed by atoms with Crippen LogP contribution in [0.5, 0.6) is 5.75 Å². The first kappa shape index (κ1) is 17.0. The average molecular weight is 353 g/mol. The minimum atomic E-state index is -0.277. The van der Waals surface area contributed by atoms with E-state index in [0.29, 0.717) is 23.6 Å². The molecule has 0 atom stereocenters. The molecule has 0 aliphatic rings. The summed E-state index contributed by atoms with van der Waals surface area (Å²) < 4.78 is 18.4. The Morgan fingerprint density at radius 3 is 2.80 bits per heavy atom. The molecule has 0 aliphatic carbocycles. The molecule has 1 aromatic heterocycles. The second-order valence-electron chi connectivity index (χ2n) is 5.24. The molecule has 0 unspecified atom stereocenters. The Morgan fingerprint density at radius 2 is 2.04 bits per heavy atom. The molecule has 3 rings (SSSR count). The van der Waals surface area contributed by atoms with E-state index in [9.17, 15) is 9.18 Å². The van der Waals surface area contributed by atoms with Crippen molar-refractivity contribution in [2.45, 2.75) is 6.92 Å². The van der Waals surface area contributed by atoms with Crippen LogP contribution in [0.15, 0.2) is 60.0 Å². The first-order valence-corrected chi connectivity index (χ1v) is 8.70. The molecule has 0 radical (unpaired) electrons. The van der Waals surface area contributed by atoms with Crippen LogP contribution in [0.25, 0.3) is 16.6 Å². The van der Waals surface area contributed by atoms with Crippen LogP contribution in [0.1, 0.15) is 23.0 Å². The molecule has 0 amide bonds. The number of rotatable bonds is 6. The Morgan fingerprint density at radius 1 is 1.24 bits per heavy atom. The predicted molar refractivity (Wildman–Crippen MR) is 98.5 cm³/mol. The van der Waals surface area contributed by atoms with Gasteiger partial charge in [0.15, 0.2) is 5.78 Å². The highest BCUT2D eigenvalue weighted by Gasteiger charge is 2.06. The van der Waals surface area contributed by atoms with Crippen LogP contribution in [0.3, 0.4) is 0 Å². The maximum absolute atomic E-state index is 13.0.